The van der Waals surface area contributed by atoms with Gasteiger partial charge in [0, 0.05) is 24.7 Å². The number of carbonyl (C=O) groups is 1. The van der Waals surface area contributed by atoms with E-state index in [0.717, 1.165) is 30.8 Å². The lowest BCUT2D eigenvalue weighted by molar-refractivity contribution is -0.137. The van der Waals surface area contributed by atoms with Gasteiger partial charge in [-0.25, -0.2) is 4.39 Å². The molecule has 0 radical (unpaired) electrons. The predicted octanol–water partition coefficient (Wildman–Crippen LogP) is 3.90. The van der Waals surface area contributed by atoms with Crippen molar-refractivity contribution in [2.24, 2.45) is 11.8 Å². The van der Waals surface area contributed by atoms with Gasteiger partial charge in [0.05, 0.1) is 24.8 Å². The third kappa shape index (κ3) is 4.54. The largest absolute Gasteiger partial charge is 0.490 e. The highest BCUT2D eigenvalue weighted by molar-refractivity contribution is 5.78. The molecule has 0 saturated carbocycles. The van der Waals surface area contributed by atoms with Gasteiger partial charge in [-0.05, 0) is 51.3 Å². The van der Waals surface area contributed by atoms with Crippen LogP contribution in [0.5, 0.6) is 5.75 Å². The lowest BCUT2D eigenvalue weighted by atomic mass is 9.97. The maximum Gasteiger partial charge on any atom is 0.227 e. The number of carbonyl (C=O) groups excluding carboxylic acids is 1. The van der Waals surface area contributed by atoms with Gasteiger partial charge in [-0.1, -0.05) is 19.1 Å². The summed E-state index contributed by atoms with van der Waals surface area (Å²) in [6.07, 6.45) is 1.94. The van der Waals surface area contributed by atoms with Crippen molar-refractivity contribution >= 4 is 5.91 Å². The summed E-state index contributed by atoms with van der Waals surface area (Å²) < 4.78 is 21.3. The number of nitrogens with zero attached hydrogens (tertiary/aromatic N) is 3. The summed E-state index contributed by atoms with van der Waals surface area (Å²) in [5.41, 5.74) is 3.32. The summed E-state index contributed by atoms with van der Waals surface area (Å²) in [5, 5.41) is 4.55. The number of para-hydroxylation sites is 1. The number of ether oxygens (including phenoxy) is 1. The van der Waals surface area contributed by atoms with E-state index in [1.54, 1.807) is 18.2 Å². The van der Waals surface area contributed by atoms with E-state index in [1.807, 2.05) is 30.4 Å². The summed E-state index contributed by atoms with van der Waals surface area (Å²) in [7, 11) is 0. The second-order valence-electron chi connectivity index (χ2n) is 7.91. The number of halogens is 1. The molecule has 152 valence electrons. The molecule has 2 atom stereocenters. The van der Waals surface area contributed by atoms with Crippen molar-refractivity contribution in [2.45, 2.75) is 47.1 Å². The zero-order chi connectivity index (χ0) is 20.3. The Kier molecular flexibility index (Phi) is 6.37. The van der Waals surface area contributed by atoms with Crippen LogP contribution in [0.15, 0.2) is 24.3 Å². The molecular formula is C22H30FN3O2. The Bertz CT molecular complexity index is 833. The molecule has 0 unspecified atom stereocenters. The van der Waals surface area contributed by atoms with E-state index in [2.05, 4.69) is 12.0 Å². The minimum atomic E-state index is -0.347. The fraction of sp³-hybridized carbons (Fsp3) is 0.545. The van der Waals surface area contributed by atoms with Crippen molar-refractivity contribution in [3.8, 4) is 5.75 Å². The standard InChI is InChI=1S/C22H30FN3O2/c1-15(12-26-18(4)16(2)17(3)24-26)22(27)25-11-7-8-19(13-25)14-28-21-10-6-5-9-20(21)23/h5-6,9-10,15,19H,7-8,11-14H2,1-4H3/t15-,19+/m0/s1. The number of benzene rings is 1. The maximum absolute atomic E-state index is 13.7. The number of aromatic nitrogens is 2. The number of piperidine rings is 1. The van der Waals surface area contributed by atoms with Crippen LogP contribution in [-0.2, 0) is 11.3 Å². The monoisotopic (exact) mass is 387 g/mol. The smallest absolute Gasteiger partial charge is 0.227 e. The first-order valence-electron chi connectivity index (χ1n) is 10.0. The van der Waals surface area contributed by atoms with Crippen LogP contribution in [0, 0.1) is 38.4 Å². The average molecular weight is 387 g/mol. The maximum atomic E-state index is 13.7. The van der Waals surface area contributed by atoms with Gasteiger partial charge in [-0.3, -0.25) is 9.48 Å². The van der Waals surface area contributed by atoms with Crippen LogP contribution in [-0.4, -0.2) is 40.3 Å². The third-order valence-corrected chi connectivity index (χ3v) is 5.75. The van der Waals surface area contributed by atoms with Crippen molar-refractivity contribution in [2.75, 3.05) is 19.7 Å². The summed E-state index contributed by atoms with van der Waals surface area (Å²) in [6.45, 7) is 10.5. The topological polar surface area (TPSA) is 47.4 Å². The first-order valence-corrected chi connectivity index (χ1v) is 10.0. The van der Waals surface area contributed by atoms with Crippen LogP contribution >= 0.6 is 0 Å². The molecule has 28 heavy (non-hydrogen) atoms. The molecule has 5 nitrogen and oxygen atoms in total. The minimum Gasteiger partial charge on any atom is -0.490 e. The molecule has 0 aliphatic carbocycles. The molecule has 1 fully saturated rings. The summed E-state index contributed by atoms with van der Waals surface area (Å²) in [6, 6.07) is 6.44. The van der Waals surface area contributed by atoms with Gasteiger partial charge in [0.15, 0.2) is 11.6 Å². The van der Waals surface area contributed by atoms with Crippen LogP contribution < -0.4 is 4.74 Å². The van der Waals surface area contributed by atoms with E-state index in [4.69, 9.17) is 4.74 Å². The Labute approximate surface area is 166 Å². The number of hydrogen-bond donors (Lipinski definition) is 0. The first-order chi connectivity index (χ1) is 13.4. The molecule has 0 N–H and O–H groups in total. The van der Waals surface area contributed by atoms with Crippen molar-refractivity contribution in [1.82, 2.24) is 14.7 Å². The van der Waals surface area contributed by atoms with Gasteiger partial charge in [-0.2, -0.15) is 5.10 Å². The molecule has 6 heteroatoms. The second-order valence-corrected chi connectivity index (χ2v) is 7.91. The van der Waals surface area contributed by atoms with Crippen molar-refractivity contribution in [1.29, 1.82) is 0 Å². The summed E-state index contributed by atoms with van der Waals surface area (Å²) in [5.74, 6) is 0.170. The molecule has 2 heterocycles. The Hall–Kier alpha value is -2.37. The highest BCUT2D eigenvalue weighted by Gasteiger charge is 2.28. The van der Waals surface area contributed by atoms with Gasteiger partial charge in [0.2, 0.25) is 5.91 Å². The number of amides is 1. The number of rotatable bonds is 6. The fourth-order valence-corrected chi connectivity index (χ4v) is 3.78. The molecule has 0 spiro atoms. The molecule has 1 aromatic carbocycles. The summed E-state index contributed by atoms with van der Waals surface area (Å²) in [4.78, 5) is 14.9. The van der Waals surface area contributed by atoms with Gasteiger partial charge in [0.25, 0.3) is 0 Å². The SMILES string of the molecule is Cc1nn(C[C@H](C)C(=O)N2CCC[C@@H](COc3ccccc3F)C2)c(C)c1C. The molecular weight excluding hydrogens is 357 g/mol. The van der Waals surface area contributed by atoms with E-state index in [-0.39, 0.29) is 29.3 Å². The molecule has 2 aromatic rings. The normalized spacial score (nSPS) is 18.2. The van der Waals surface area contributed by atoms with Crippen LogP contribution in [0.4, 0.5) is 4.39 Å². The Morgan fingerprint density at radius 1 is 1.32 bits per heavy atom. The average Bonchev–Trinajstić information content (AvgIpc) is 2.93. The van der Waals surface area contributed by atoms with Crippen molar-refractivity contribution in [3.05, 3.63) is 47.0 Å². The van der Waals surface area contributed by atoms with Crippen LogP contribution in [0.3, 0.4) is 0 Å². The van der Waals surface area contributed by atoms with E-state index in [0.29, 0.717) is 19.7 Å². The Balaban J connectivity index is 1.56. The quantitative estimate of drug-likeness (QED) is 0.755. The molecule has 3 rings (SSSR count). The van der Waals surface area contributed by atoms with E-state index >= 15 is 0 Å². The minimum absolute atomic E-state index is 0.136. The first kappa shape index (κ1) is 20.4. The van der Waals surface area contributed by atoms with Gasteiger partial charge in [-0.15, -0.1) is 0 Å². The highest BCUT2D eigenvalue weighted by atomic mass is 19.1. The lowest BCUT2D eigenvalue weighted by Crippen LogP contribution is -2.44. The van der Waals surface area contributed by atoms with Crippen LogP contribution in [0.25, 0.3) is 0 Å². The molecule has 0 bridgehead atoms. The number of aryl methyl sites for hydroxylation is 1. The molecule has 1 aliphatic heterocycles. The van der Waals surface area contributed by atoms with Gasteiger partial charge < -0.3 is 9.64 Å². The van der Waals surface area contributed by atoms with E-state index < -0.39 is 0 Å². The predicted molar refractivity (Wildman–Crippen MR) is 107 cm³/mol. The molecule has 1 amide bonds. The second kappa shape index (κ2) is 8.76. The highest BCUT2D eigenvalue weighted by Crippen LogP contribution is 2.22. The molecule has 1 aliphatic rings. The van der Waals surface area contributed by atoms with Crippen LogP contribution in [0.2, 0.25) is 0 Å². The molecule has 1 aromatic heterocycles. The fourth-order valence-electron chi connectivity index (χ4n) is 3.78. The molecule has 1 saturated heterocycles. The third-order valence-electron chi connectivity index (χ3n) is 5.75. The number of likely N-dealkylation sites (tertiary alicyclic amines) is 1. The van der Waals surface area contributed by atoms with Crippen molar-refractivity contribution < 1.29 is 13.9 Å². The zero-order valence-electron chi connectivity index (χ0n) is 17.2. The summed E-state index contributed by atoms with van der Waals surface area (Å²) >= 11 is 0. The van der Waals surface area contributed by atoms with E-state index in [1.165, 1.54) is 11.6 Å². The van der Waals surface area contributed by atoms with Gasteiger partial charge in [0.1, 0.15) is 0 Å². The van der Waals surface area contributed by atoms with Crippen LogP contribution in [0.1, 0.15) is 36.7 Å². The lowest BCUT2D eigenvalue weighted by Gasteiger charge is -2.34. The Morgan fingerprint density at radius 2 is 2.07 bits per heavy atom. The zero-order valence-corrected chi connectivity index (χ0v) is 17.2. The number of hydrogen-bond acceptors (Lipinski definition) is 3. The Morgan fingerprint density at radius 3 is 2.75 bits per heavy atom. The van der Waals surface area contributed by atoms with Crippen molar-refractivity contribution in [3.63, 3.8) is 0 Å². The van der Waals surface area contributed by atoms with Gasteiger partial charge >= 0.3 is 0 Å². The van der Waals surface area contributed by atoms with E-state index in [9.17, 15) is 9.18 Å².